The van der Waals surface area contributed by atoms with E-state index in [1.165, 1.54) is 18.2 Å². The van der Waals surface area contributed by atoms with Crippen LogP contribution >= 0.6 is 11.3 Å². The number of para-hydroxylation sites is 1. The quantitative estimate of drug-likeness (QED) is 0.385. The van der Waals surface area contributed by atoms with Gasteiger partial charge in [0.25, 0.3) is 0 Å². The van der Waals surface area contributed by atoms with Crippen LogP contribution in [0.4, 0.5) is 20.5 Å². The van der Waals surface area contributed by atoms with Gasteiger partial charge in [0.15, 0.2) is 17.4 Å². The highest BCUT2D eigenvalue weighted by Gasteiger charge is 2.28. The molecule has 0 amide bonds. The number of rotatable bonds is 6. The zero-order valence-electron chi connectivity index (χ0n) is 18.8. The van der Waals surface area contributed by atoms with Crippen molar-refractivity contribution in [1.29, 1.82) is 0 Å². The SMILES string of the molecule is Cc1nc(N)nc(N[C@H]2CC[C@@H](COc3c(F)cccc3F)C2)c1-c1nc2c(C)nccc2s1. The van der Waals surface area contributed by atoms with E-state index in [0.29, 0.717) is 5.82 Å². The molecule has 3 heterocycles. The zero-order valence-corrected chi connectivity index (χ0v) is 19.6. The third-order valence-corrected chi connectivity index (χ3v) is 7.11. The molecule has 1 aliphatic rings. The van der Waals surface area contributed by atoms with Gasteiger partial charge in [0.05, 0.1) is 28.3 Å². The van der Waals surface area contributed by atoms with E-state index in [4.69, 9.17) is 15.5 Å². The average molecular weight is 483 g/mol. The van der Waals surface area contributed by atoms with Crippen molar-refractivity contribution in [3.63, 3.8) is 0 Å². The first kappa shape index (κ1) is 22.4. The van der Waals surface area contributed by atoms with Crippen LogP contribution in [0.15, 0.2) is 30.5 Å². The van der Waals surface area contributed by atoms with Gasteiger partial charge in [0.2, 0.25) is 5.95 Å². The number of hydrogen-bond donors (Lipinski definition) is 2. The van der Waals surface area contributed by atoms with E-state index < -0.39 is 11.6 Å². The van der Waals surface area contributed by atoms with Crippen molar-refractivity contribution in [2.45, 2.75) is 39.2 Å². The number of halogens is 2. The summed E-state index contributed by atoms with van der Waals surface area (Å²) in [6.45, 7) is 4.08. The lowest BCUT2D eigenvalue weighted by atomic mass is 10.1. The van der Waals surface area contributed by atoms with Crippen molar-refractivity contribution in [1.82, 2.24) is 19.9 Å². The molecule has 34 heavy (non-hydrogen) atoms. The van der Waals surface area contributed by atoms with Gasteiger partial charge >= 0.3 is 0 Å². The molecule has 176 valence electrons. The Kier molecular flexibility index (Phi) is 5.99. The summed E-state index contributed by atoms with van der Waals surface area (Å²) in [4.78, 5) is 18.0. The lowest BCUT2D eigenvalue weighted by molar-refractivity contribution is 0.231. The highest BCUT2D eigenvalue weighted by molar-refractivity contribution is 7.21. The van der Waals surface area contributed by atoms with Crippen LogP contribution in [0.5, 0.6) is 5.75 Å². The predicted molar refractivity (Wildman–Crippen MR) is 129 cm³/mol. The van der Waals surface area contributed by atoms with E-state index in [-0.39, 0.29) is 30.3 Å². The third kappa shape index (κ3) is 4.37. The van der Waals surface area contributed by atoms with Gasteiger partial charge in [0, 0.05) is 12.2 Å². The van der Waals surface area contributed by atoms with Crippen molar-refractivity contribution >= 4 is 33.3 Å². The number of nitrogens with zero attached hydrogens (tertiary/aromatic N) is 4. The summed E-state index contributed by atoms with van der Waals surface area (Å²) in [6, 6.07) is 5.78. The van der Waals surface area contributed by atoms with Crippen LogP contribution < -0.4 is 15.8 Å². The first-order chi connectivity index (χ1) is 16.4. The zero-order chi connectivity index (χ0) is 23.8. The monoisotopic (exact) mass is 482 g/mol. The first-order valence-corrected chi connectivity index (χ1v) is 11.9. The number of hydrogen-bond acceptors (Lipinski definition) is 8. The molecular weight excluding hydrogens is 458 g/mol. The number of benzene rings is 1. The molecule has 0 saturated heterocycles. The highest BCUT2D eigenvalue weighted by atomic mass is 32.1. The number of aromatic nitrogens is 4. The Labute approximate surface area is 199 Å². The van der Waals surface area contributed by atoms with E-state index in [9.17, 15) is 8.78 Å². The lowest BCUT2D eigenvalue weighted by Gasteiger charge is -2.18. The summed E-state index contributed by atoms with van der Waals surface area (Å²) in [5, 5.41) is 4.32. The van der Waals surface area contributed by atoms with E-state index in [2.05, 4.69) is 20.3 Å². The van der Waals surface area contributed by atoms with Crippen LogP contribution in [-0.2, 0) is 0 Å². The van der Waals surface area contributed by atoms with Gasteiger partial charge in [-0.1, -0.05) is 6.07 Å². The van der Waals surface area contributed by atoms with Gasteiger partial charge in [-0.3, -0.25) is 4.98 Å². The van der Waals surface area contributed by atoms with Crippen LogP contribution in [0.1, 0.15) is 30.7 Å². The second kappa shape index (κ2) is 9.09. The molecule has 5 rings (SSSR count). The van der Waals surface area contributed by atoms with Gasteiger partial charge in [0.1, 0.15) is 16.3 Å². The minimum absolute atomic E-state index is 0.115. The van der Waals surface area contributed by atoms with Crippen LogP contribution in [0.3, 0.4) is 0 Å². The van der Waals surface area contributed by atoms with Gasteiger partial charge in [-0.05, 0) is 57.2 Å². The van der Waals surface area contributed by atoms with Crippen LogP contribution in [0.2, 0.25) is 0 Å². The van der Waals surface area contributed by atoms with Gasteiger partial charge in [-0.25, -0.2) is 18.7 Å². The van der Waals surface area contributed by atoms with Crippen molar-refractivity contribution in [3.05, 3.63) is 53.5 Å². The summed E-state index contributed by atoms with van der Waals surface area (Å²) >= 11 is 1.56. The molecule has 0 aliphatic heterocycles. The van der Waals surface area contributed by atoms with E-state index in [1.807, 2.05) is 19.9 Å². The Morgan fingerprint density at radius 1 is 1.09 bits per heavy atom. The molecule has 10 heteroatoms. The molecule has 0 bridgehead atoms. The number of thiazole rings is 1. The van der Waals surface area contributed by atoms with Gasteiger partial charge in [-0.2, -0.15) is 4.98 Å². The average Bonchev–Trinajstić information content (AvgIpc) is 3.41. The smallest absolute Gasteiger partial charge is 0.222 e. The molecule has 1 aliphatic carbocycles. The number of ether oxygens (including phenoxy) is 1. The fourth-order valence-electron chi connectivity index (χ4n) is 4.42. The first-order valence-electron chi connectivity index (χ1n) is 11.1. The molecule has 4 aromatic rings. The van der Waals surface area contributed by atoms with E-state index in [1.54, 1.807) is 17.5 Å². The second-order valence-corrected chi connectivity index (χ2v) is 9.57. The molecule has 0 radical (unpaired) electrons. The lowest BCUT2D eigenvalue weighted by Crippen LogP contribution is -2.20. The molecule has 0 spiro atoms. The number of nitrogens with two attached hydrogens (primary N) is 1. The van der Waals surface area contributed by atoms with Crippen LogP contribution in [0, 0.1) is 31.4 Å². The summed E-state index contributed by atoms with van der Waals surface area (Å²) in [5.74, 6) is -0.703. The normalized spacial score (nSPS) is 17.9. The molecule has 3 aromatic heterocycles. The van der Waals surface area contributed by atoms with Gasteiger partial charge < -0.3 is 15.8 Å². The maximum Gasteiger partial charge on any atom is 0.222 e. The fourth-order valence-corrected chi connectivity index (χ4v) is 5.53. The number of pyridine rings is 1. The number of aryl methyl sites for hydroxylation is 2. The molecule has 7 nitrogen and oxygen atoms in total. The third-order valence-electron chi connectivity index (χ3n) is 6.08. The standard InChI is InChI=1S/C24H24F2N6OS/c1-12-19(23-31-20-13(2)28-9-8-18(20)34-23)22(32-24(27)29-12)30-15-7-6-14(10-15)11-33-21-16(25)4-3-5-17(21)26/h3-5,8-9,14-15H,6-7,10-11H2,1-2H3,(H3,27,29,30,32)/t14-,15+/m1/s1. The van der Waals surface area contributed by atoms with Crippen molar-refractivity contribution < 1.29 is 13.5 Å². The van der Waals surface area contributed by atoms with Crippen LogP contribution in [-0.4, -0.2) is 32.6 Å². The summed E-state index contributed by atoms with van der Waals surface area (Å²) in [7, 11) is 0. The Balaban J connectivity index is 1.34. The molecule has 3 N–H and O–H groups in total. The molecule has 1 aromatic carbocycles. The number of nitrogen functional groups attached to an aromatic ring is 1. The molecule has 0 unspecified atom stereocenters. The Morgan fingerprint density at radius 3 is 2.65 bits per heavy atom. The highest BCUT2D eigenvalue weighted by Crippen LogP contribution is 2.38. The number of fused-ring (bicyclic) bond motifs is 1. The summed E-state index contributed by atoms with van der Waals surface area (Å²) < 4.78 is 34.3. The van der Waals surface area contributed by atoms with E-state index in [0.717, 1.165) is 51.4 Å². The molecule has 1 saturated carbocycles. The maximum absolute atomic E-state index is 13.9. The van der Waals surface area contributed by atoms with E-state index >= 15 is 0 Å². The second-order valence-electron chi connectivity index (χ2n) is 8.54. The Hall–Kier alpha value is -3.40. The Morgan fingerprint density at radius 2 is 1.88 bits per heavy atom. The topological polar surface area (TPSA) is 98.8 Å². The minimum atomic E-state index is -0.689. The number of nitrogens with one attached hydrogen (secondary N) is 1. The molecule has 2 atom stereocenters. The Bertz CT molecular complexity index is 1340. The van der Waals surface area contributed by atoms with Gasteiger partial charge in [-0.15, -0.1) is 11.3 Å². The number of anilines is 2. The maximum atomic E-state index is 13.9. The summed E-state index contributed by atoms with van der Waals surface area (Å²) in [5.41, 5.74) is 9.27. The predicted octanol–water partition coefficient (Wildman–Crippen LogP) is 5.29. The minimum Gasteiger partial charge on any atom is -0.487 e. The van der Waals surface area contributed by atoms with Crippen molar-refractivity contribution in [2.24, 2.45) is 5.92 Å². The summed E-state index contributed by atoms with van der Waals surface area (Å²) in [6.07, 6.45) is 4.30. The largest absolute Gasteiger partial charge is 0.487 e. The van der Waals surface area contributed by atoms with Crippen LogP contribution in [0.25, 0.3) is 20.8 Å². The molecular formula is C24H24F2N6OS. The molecule has 1 fully saturated rings. The van der Waals surface area contributed by atoms with Crippen molar-refractivity contribution in [3.8, 4) is 16.3 Å². The van der Waals surface area contributed by atoms with Crippen molar-refractivity contribution in [2.75, 3.05) is 17.7 Å². The fraction of sp³-hybridized carbons (Fsp3) is 0.333.